The molecule has 2 aromatic rings. The molecule has 0 saturated heterocycles. The minimum atomic E-state index is -0.759. The fourth-order valence-corrected chi connectivity index (χ4v) is 1.98. The van der Waals surface area contributed by atoms with Crippen LogP contribution < -0.4 is 4.74 Å². The molecule has 0 bridgehead atoms. The molecule has 1 N–H and O–H groups in total. The van der Waals surface area contributed by atoms with Gasteiger partial charge in [-0.3, -0.25) is 0 Å². The molecule has 0 amide bonds. The lowest BCUT2D eigenvalue weighted by Gasteiger charge is -2.08. The third kappa shape index (κ3) is 3.86. The zero-order valence-electron chi connectivity index (χ0n) is 12.0. The molecule has 1 unspecified atom stereocenters. The molecule has 0 aliphatic heterocycles. The van der Waals surface area contributed by atoms with Gasteiger partial charge < -0.3 is 19.0 Å². The Morgan fingerprint density at radius 2 is 1.90 bits per heavy atom. The number of carbonyl (C=O) groups is 1. The van der Waals surface area contributed by atoms with E-state index in [4.69, 9.17) is 9.15 Å². The second-order valence-corrected chi connectivity index (χ2v) is 4.60. The summed E-state index contributed by atoms with van der Waals surface area (Å²) in [5, 5.41) is 10.1. The van der Waals surface area contributed by atoms with Crippen LogP contribution in [0.4, 0.5) is 0 Å². The average molecular weight is 290 g/mol. The number of esters is 1. The number of methoxy groups -OCH3 is 2. The van der Waals surface area contributed by atoms with E-state index in [9.17, 15) is 9.90 Å². The van der Waals surface area contributed by atoms with Gasteiger partial charge in [-0.1, -0.05) is 12.1 Å². The van der Waals surface area contributed by atoms with Crippen LogP contribution in [0.1, 0.15) is 34.4 Å². The van der Waals surface area contributed by atoms with Gasteiger partial charge in [0.1, 0.15) is 17.6 Å². The minimum absolute atomic E-state index is 0.0935. The number of aryl methyl sites for hydroxylation is 1. The molecular weight excluding hydrogens is 272 g/mol. The number of furan rings is 1. The van der Waals surface area contributed by atoms with Gasteiger partial charge in [-0.15, -0.1) is 0 Å². The Balaban J connectivity index is 1.93. The number of aliphatic hydroxyl groups is 1. The zero-order valence-corrected chi connectivity index (χ0v) is 12.0. The lowest BCUT2D eigenvalue weighted by Crippen LogP contribution is -2.00. The van der Waals surface area contributed by atoms with Crippen molar-refractivity contribution in [2.45, 2.75) is 18.9 Å². The number of ether oxygens (including phenoxy) is 2. The van der Waals surface area contributed by atoms with Crippen LogP contribution in [0, 0.1) is 0 Å². The van der Waals surface area contributed by atoms with Crippen LogP contribution in [0.15, 0.2) is 40.8 Å². The van der Waals surface area contributed by atoms with Gasteiger partial charge in [0.2, 0.25) is 5.76 Å². The maximum atomic E-state index is 11.3. The molecule has 0 saturated carbocycles. The highest BCUT2D eigenvalue weighted by atomic mass is 16.5. The van der Waals surface area contributed by atoms with Crippen molar-refractivity contribution in [2.75, 3.05) is 14.2 Å². The van der Waals surface area contributed by atoms with Gasteiger partial charge >= 0.3 is 5.97 Å². The summed E-state index contributed by atoms with van der Waals surface area (Å²) in [6.45, 7) is 0. The Kier molecular flexibility index (Phi) is 5.00. The number of carbonyl (C=O) groups excluding carboxylic acids is 1. The minimum Gasteiger partial charge on any atom is -0.497 e. The predicted molar refractivity (Wildman–Crippen MR) is 76.3 cm³/mol. The Labute approximate surface area is 123 Å². The van der Waals surface area contributed by atoms with Gasteiger partial charge in [0.25, 0.3) is 0 Å². The summed E-state index contributed by atoms with van der Waals surface area (Å²) in [4.78, 5) is 11.3. The number of aliphatic hydroxyl groups excluding tert-OH is 1. The topological polar surface area (TPSA) is 68.9 Å². The summed E-state index contributed by atoms with van der Waals surface area (Å²) >= 11 is 0. The molecule has 1 aromatic carbocycles. The Bertz CT molecular complexity index is 585. The second-order valence-electron chi connectivity index (χ2n) is 4.60. The van der Waals surface area contributed by atoms with E-state index in [1.165, 1.54) is 13.2 Å². The number of benzene rings is 1. The first-order valence-electron chi connectivity index (χ1n) is 6.63. The number of hydrogen-bond acceptors (Lipinski definition) is 5. The maximum Gasteiger partial charge on any atom is 0.373 e. The van der Waals surface area contributed by atoms with Crippen molar-refractivity contribution in [3.05, 3.63) is 53.5 Å². The molecule has 0 radical (unpaired) electrons. The van der Waals surface area contributed by atoms with Gasteiger partial charge in [0, 0.05) is 0 Å². The molecule has 0 aliphatic carbocycles. The second kappa shape index (κ2) is 6.95. The third-order valence-electron chi connectivity index (χ3n) is 3.21. The van der Waals surface area contributed by atoms with E-state index in [2.05, 4.69) is 4.74 Å². The van der Waals surface area contributed by atoms with Crippen molar-refractivity contribution in [2.24, 2.45) is 0 Å². The quantitative estimate of drug-likeness (QED) is 0.828. The van der Waals surface area contributed by atoms with E-state index in [-0.39, 0.29) is 5.76 Å². The molecule has 21 heavy (non-hydrogen) atoms. The average Bonchev–Trinajstić information content (AvgIpc) is 3.02. The molecule has 5 nitrogen and oxygen atoms in total. The van der Waals surface area contributed by atoms with E-state index in [0.717, 1.165) is 11.3 Å². The smallest absolute Gasteiger partial charge is 0.373 e. The van der Waals surface area contributed by atoms with Gasteiger partial charge in [0.15, 0.2) is 0 Å². The van der Waals surface area contributed by atoms with E-state index in [1.54, 1.807) is 13.2 Å². The van der Waals surface area contributed by atoms with Crippen LogP contribution in [-0.4, -0.2) is 25.3 Å². The van der Waals surface area contributed by atoms with Crippen LogP contribution in [0.2, 0.25) is 0 Å². The Hall–Kier alpha value is -2.27. The molecule has 112 valence electrons. The van der Waals surface area contributed by atoms with Gasteiger partial charge in [-0.2, -0.15) is 0 Å². The fraction of sp³-hybridized carbons (Fsp3) is 0.312. The SMILES string of the molecule is COC(=O)c1ccc(C(O)CCc2ccc(OC)cc2)o1. The third-order valence-corrected chi connectivity index (χ3v) is 3.21. The molecule has 0 spiro atoms. The van der Waals surface area contributed by atoms with E-state index >= 15 is 0 Å². The number of rotatable bonds is 6. The van der Waals surface area contributed by atoms with E-state index < -0.39 is 12.1 Å². The summed E-state index contributed by atoms with van der Waals surface area (Å²) in [7, 11) is 2.90. The molecular formula is C16H18O5. The first-order valence-corrected chi connectivity index (χ1v) is 6.63. The van der Waals surface area contributed by atoms with Crippen LogP contribution in [0.3, 0.4) is 0 Å². The van der Waals surface area contributed by atoms with Crippen LogP contribution in [-0.2, 0) is 11.2 Å². The molecule has 2 rings (SSSR count). The highest BCUT2D eigenvalue weighted by molar-refractivity contribution is 5.86. The van der Waals surface area contributed by atoms with Crippen LogP contribution in [0.25, 0.3) is 0 Å². The molecule has 0 fully saturated rings. The standard InChI is InChI=1S/C16H18O5/c1-19-12-6-3-11(4-7-12)5-8-13(17)14-9-10-15(21-14)16(18)20-2/h3-4,6-7,9-10,13,17H,5,8H2,1-2H3. The highest BCUT2D eigenvalue weighted by Gasteiger charge is 2.16. The Morgan fingerprint density at radius 1 is 1.19 bits per heavy atom. The van der Waals surface area contributed by atoms with Crippen molar-refractivity contribution in [1.29, 1.82) is 0 Å². The van der Waals surface area contributed by atoms with Crippen molar-refractivity contribution in [3.63, 3.8) is 0 Å². The maximum absolute atomic E-state index is 11.3. The largest absolute Gasteiger partial charge is 0.497 e. The van der Waals surface area contributed by atoms with E-state index in [0.29, 0.717) is 18.6 Å². The first kappa shape index (κ1) is 15.1. The van der Waals surface area contributed by atoms with Crippen molar-refractivity contribution >= 4 is 5.97 Å². The highest BCUT2D eigenvalue weighted by Crippen LogP contribution is 2.22. The molecule has 1 aromatic heterocycles. The zero-order chi connectivity index (χ0) is 15.2. The van der Waals surface area contributed by atoms with Gasteiger partial charge in [0.05, 0.1) is 14.2 Å². The number of hydrogen-bond donors (Lipinski definition) is 1. The van der Waals surface area contributed by atoms with Crippen molar-refractivity contribution in [3.8, 4) is 5.75 Å². The molecule has 5 heteroatoms. The Morgan fingerprint density at radius 3 is 2.52 bits per heavy atom. The van der Waals surface area contributed by atoms with E-state index in [1.807, 2.05) is 24.3 Å². The first-order chi connectivity index (χ1) is 10.1. The monoisotopic (exact) mass is 290 g/mol. The van der Waals surface area contributed by atoms with Crippen LogP contribution >= 0.6 is 0 Å². The predicted octanol–water partition coefficient (Wildman–Crippen LogP) is 2.74. The van der Waals surface area contributed by atoms with Crippen molar-refractivity contribution in [1.82, 2.24) is 0 Å². The summed E-state index contributed by atoms with van der Waals surface area (Å²) < 4.78 is 14.9. The molecule has 1 atom stereocenters. The van der Waals surface area contributed by atoms with Crippen LogP contribution in [0.5, 0.6) is 5.75 Å². The molecule has 0 aliphatic rings. The summed E-state index contributed by atoms with van der Waals surface area (Å²) in [6.07, 6.45) is 0.436. The summed E-state index contributed by atoms with van der Waals surface area (Å²) in [5.41, 5.74) is 1.09. The van der Waals surface area contributed by atoms with Crippen molar-refractivity contribution < 1.29 is 23.8 Å². The summed E-state index contributed by atoms with van der Waals surface area (Å²) in [6, 6.07) is 10.7. The van der Waals surface area contributed by atoms with Gasteiger partial charge in [-0.05, 0) is 42.7 Å². The normalized spacial score (nSPS) is 12.0. The fourth-order valence-electron chi connectivity index (χ4n) is 1.98. The summed E-state index contributed by atoms with van der Waals surface area (Å²) in [5.74, 6) is 0.705. The lowest BCUT2D eigenvalue weighted by atomic mass is 10.1. The van der Waals surface area contributed by atoms with Gasteiger partial charge in [-0.25, -0.2) is 4.79 Å². The molecule has 1 heterocycles. The lowest BCUT2D eigenvalue weighted by molar-refractivity contribution is 0.0553.